The van der Waals surface area contributed by atoms with Crippen LogP contribution in [0.25, 0.3) is 10.2 Å². The van der Waals surface area contributed by atoms with Crippen molar-refractivity contribution < 1.29 is 9.18 Å². The first kappa shape index (κ1) is 16.8. The molecule has 0 aliphatic carbocycles. The number of hydrogen-bond donors (Lipinski definition) is 1. The summed E-state index contributed by atoms with van der Waals surface area (Å²) < 4.78 is 14.8. The lowest BCUT2D eigenvalue weighted by molar-refractivity contribution is -0.117. The van der Waals surface area contributed by atoms with Crippen LogP contribution >= 0.6 is 22.9 Å². The van der Waals surface area contributed by atoms with Crippen LogP contribution in [0.1, 0.15) is 5.01 Å². The molecular weight excluding hydrogens is 349 g/mol. The summed E-state index contributed by atoms with van der Waals surface area (Å²) in [5.74, 6) is -0.818. The molecule has 7 heteroatoms. The van der Waals surface area contributed by atoms with Gasteiger partial charge in [-0.15, -0.1) is 11.3 Å². The number of para-hydroxylation sites is 1. The van der Waals surface area contributed by atoms with Crippen molar-refractivity contribution in [2.24, 2.45) is 0 Å². The predicted molar refractivity (Wildman–Crippen MR) is 96.0 cm³/mol. The Balaban J connectivity index is 1.60. The zero-order valence-electron chi connectivity index (χ0n) is 12.9. The quantitative estimate of drug-likeness (QED) is 0.740. The van der Waals surface area contributed by atoms with Crippen LogP contribution in [0.3, 0.4) is 0 Å². The molecule has 0 unspecified atom stereocenters. The lowest BCUT2D eigenvalue weighted by Crippen LogP contribution is -2.30. The summed E-state index contributed by atoms with van der Waals surface area (Å²) in [6.07, 6.45) is 0. The number of carbonyl (C=O) groups is 1. The Kier molecular flexibility index (Phi) is 5.08. The molecule has 0 saturated heterocycles. The molecule has 0 aliphatic rings. The minimum Gasteiger partial charge on any atom is -0.322 e. The number of likely N-dealkylation sites (N-methyl/N-ethyl adjacent to an activating group) is 1. The molecule has 24 heavy (non-hydrogen) atoms. The van der Waals surface area contributed by atoms with Gasteiger partial charge >= 0.3 is 0 Å². The van der Waals surface area contributed by atoms with Gasteiger partial charge in [-0.3, -0.25) is 9.69 Å². The molecule has 0 spiro atoms. The van der Waals surface area contributed by atoms with Gasteiger partial charge in [-0.1, -0.05) is 23.7 Å². The molecule has 4 nitrogen and oxygen atoms in total. The summed E-state index contributed by atoms with van der Waals surface area (Å²) in [5, 5.41) is 3.84. The van der Waals surface area contributed by atoms with E-state index in [1.165, 1.54) is 18.2 Å². The first-order valence-electron chi connectivity index (χ1n) is 7.29. The van der Waals surface area contributed by atoms with E-state index in [0.717, 1.165) is 15.2 Å². The second-order valence-corrected chi connectivity index (χ2v) is 6.97. The highest BCUT2D eigenvalue weighted by Crippen LogP contribution is 2.22. The van der Waals surface area contributed by atoms with Crippen LogP contribution in [-0.4, -0.2) is 29.4 Å². The van der Waals surface area contributed by atoms with Crippen LogP contribution in [0.15, 0.2) is 42.5 Å². The number of nitrogens with one attached hydrogen (secondary N) is 1. The smallest absolute Gasteiger partial charge is 0.238 e. The van der Waals surface area contributed by atoms with Gasteiger partial charge in [0, 0.05) is 5.02 Å². The van der Waals surface area contributed by atoms with Gasteiger partial charge in [0.1, 0.15) is 10.8 Å². The van der Waals surface area contributed by atoms with E-state index < -0.39 is 5.82 Å². The van der Waals surface area contributed by atoms with Crippen molar-refractivity contribution in [2.45, 2.75) is 6.54 Å². The molecule has 0 bridgehead atoms. The minimum absolute atomic E-state index is 0.0842. The number of anilines is 1. The largest absolute Gasteiger partial charge is 0.322 e. The number of benzene rings is 2. The van der Waals surface area contributed by atoms with E-state index in [2.05, 4.69) is 10.3 Å². The number of nitrogens with zero attached hydrogens (tertiary/aromatic N) is 2. The Morgan fingerprint density at radius 1 is 1.33 bits per heavy atom. The number of rotatable bonds is 5. The van der Waals surface area contributed by atoms with Gasteiger partial charge in [0.15, 0.2) is 0 Å². The fourth-order valence-corrected chi connectivity index (χ4v) is 3.52. The minimum atomic E-state index is -0.512. The summed E-state index contributed by atoms with van der Waals surface area (Å²) in [5.41, 5.74) is 1.04. The van der Waals surface area contributed by atoms with Gasteiger partial charge in [-0.2, -0.15) is 0 Å². The highest BCUT2D eigenvalue weighted by molar-refractivity contribution is 7.18. The lowest BCUT2D eigenvalue weighted by atomic mass is 10.3. The van der Waals surface area contributed by atoms with Crippen molar-refractivity contribution in [2.75, 3.05) is 18.9 Å². The normalized spacial score (nSPS) is 11.2. The third-order valence-electron chi connectivity index (χ3n) is 3.36. The topological polar surface area (TPSA) is 45.2 Å². The van der Waals surface area contributed by atoms with Crippen molar-refractivity contribution in [1.29, 1.82) is 0 Å². The molecule has 3 aromatic rings. The zero-order valence-corrected chi connectivity index (χ0v) is 14.5. The van der Waals surface area contributed by atoms with Crippen molar-refractivity contribution in [3.05, 3.63) is 58.3 Å². The lowest BCUT2D eigenvalue weighted by Gasteiger charge is -2.15. The van der Waals surface area contributed by atoms with Crippen LogP contribution in [0.4, 0.5) is 10.1 Å². The average molecular weight is 364 g/mol. The summed E-state index contributed by atoms with van der Waals surface area (Å²) in [7, 11) is 1.82. The van der Waals surface area contributed by atoms with Gasteiger partial charge in [-0.05, 0) is 37.4 Å². The van der Waals surface area contributed by atoms with Crippen LogP contribution in [0.5, 0.6) is 0 Å². The maximum Gasteiger partial charge on any atom is 0.238 e. The van der Waals surface area contributed by atoms with E-state index >= 15 is 0 Å². The Bertz CT molecular complexity index is 850. The van der Waals surface area contributed by atoms with E-state index in [4.69, 9.17) is 11.6 Å². The first-order valence-corrected chi connectivity index (χ1v) is 8.48. The number of halogens is 2. The third kappa shape index (κ3) is 4.08. The molecule has 1 N–H and O–H groups in total. The molecule has 0 radical (unpaired) electrons. The van der Waals surface area contributed by atoms with E-state index in [-0.39, 0.29) is 18.1 Å². The molecule has 124 valence electrons. The number of carbonyl (C=O) groups excluding carboxylic acids is 1. The van der Waals surface area contributed by atoms with Gasteiger partial charge in [0.2, 0.25) is 5.91 Å². The van der Waals surface area contributed by atoms with Crippen LogP contribution in [-0.2, 0) is 11.3 Å². The van der Waals surface area contributed by atoms with Gasteiger partial charge in [0.05, 0.1) is 29.0 Å². The highest BCUT2D eigenvalue weighted by Gasteiger charge is 2.12. The molecule has 1 amide bonds. The molecular formula is C17H15ClFN3OS. The van der Waals surface area contributed by atoms with Gasteiger partial charge in [-0.25, -0.2) is 9.37 Å². The molecule has 1 aromatic heterocycles. The van der Waals surface area contributed by atoms with Crippen molar-refractivity contribution >= 4 is 44.7 Å². The summed E-state index contributed by atoms with van der Waals surface area (Å²) in [4.78, 5) is 18.4. The van der Waals surface area contributed by atoms with E-state index in [1.54, 1.807) is 11.3 Å². The van der Waals surface area contributed by atoms with E-state index in [9.17, 15) is 9.18 Å². The number of hydrogen-bond acceptors (Lipinski definition) is 4. The van der Waals surface area contributed by atoms with Crippen molar-refractivity contribution in [1.82, 2.24) is 9.88 Å². The Labute approximate surface area is 147 Å². The van der Waals surface area contributed by atoms with Crippen molar-refractivity contribution in [3.8, 4) is 0 Å². The number of amides is 1. The Morgan fingerprint density at radius 3 is 2.92 bits per heavy atom. The second-order valence-electron chi connectivity index (χ2n) is 5.42. The first-order chi connectivity index (χ1) is 11.5. The maximum atomic E-state index is 13.6. The van der Waals surface area contributed by atoms with Crippen LogP contribution < -0.4 is 5.32 Å². The monoisotopic (exact) mass is 363 g/mol. The predicted octanol–water partition coefficient (Wildman–Crippen LogP) is 4.16. The fraction of sp³-hybridized carbons (Fsp3) is 0.176. The molecule has 0 atom stereocenters. The Morgan fingerprint density at radius 2 is 2.12 bits per heavy atom. The highest BCUT2D eigenvalue weighted by atomic mass is 35.5. The molecule has 1 heterocycles. The Hall–Kier alpha value is -2.02. The van der Waals surface area contributed by atoms with E-state index in [1.807, 2.05) is 36.2 Å². The van der Waals surface area contributed by atoms with E-state index in [0.29, 0.717) is 11.6 Å². The number of aromatic nitrogens is 1. The molecule has 0 aliphatic heterocycles. The summed E-state index contributed by atoms with van der Waals surface area (Å²) in [6, 6.07) is 12.0. The maximum absolute atomic E-state index is 13.6. The SMILES string of the molecule is CN(CC(=O)Nc1cc(Cl)ccc1F)Cc1nc2ccccc2s1. The molecule has 2 aromatic carbocycles. The standard InChI is InChI=1S/C17H15ClFN3OS/c1-22(10-17-21-13-4-2-3-5-15(13)24-17)9-16(23)20-14-8-11(18)6-7-12(14)19/h2-8H,9-10H2,1H3,(H,20,23). The average Bonchev–Trinajstić information content (AvgIpc) is 2.92. The third-order valence-corrected chi connectivity index (χ3v) is 4.62. The van der Waals surface area contributed by atoms with Crippen LogP contribution in [0.2, 0.25) is 5.02 Å². The zero-order chi connectivity index (χ0) is 17.1. The van der Waals surface area contributed by atoms with Crippen LogP contribution in [0, 0.1) is 5.82 Å². The van der Waals surface area contributed by atoms with Gasteiger partial charge < -0.3 is 5.32 Å². The second kappa shape index (κ2) is 7.25. The molecule has 0 fully saturated rings. The fourth-order valence-electron chi connectivity index (χ4n) is 2.30. The number of fused-ring (bicyclic) bond motifs is 1. The molecule has 3 rings (SSSR count). The van der Waals surface area contributed by atoms with Gasteiger partial charge in [0.25, 0.3) is 0 Å². The summed E-state index contributed by atoms with van der Waals surface area (Å²) in [6.45, 7) is 0.673. The van der Waals surface area contributed by atoms with Crippen molar-refractivity contribution in [3.63, 3.8) is 0 Å². The molecule has 0 saturated carbocycles. The summed E-state index contributed by atoms with van der Waals surface area (Å²) >= 11 is 7.42. The number of thiazole rings is 1.